The van der Waals surface area contributed by atoms with Gasteiger partial charge in [-0.1, -0.05) is 34.6 Å². The van der Waals surface area contributed by atoms with Crippen molar-refractivity contribution in [3.05, 3.63) is 0 Å². The SMILES string of the molecule is CCN(CC)CCNC1(C(=O)OC)CC(C)(C)CC1C. The molecule has 0 aromatic carbocycles. The summed E-state index contributed by atoms with van der Waals surface area (Å²) in [6, 6.07) is 0. The minimum absolute atomic E-state index is 0.102. The van der Waals surface area contributed by atoms with Gasteiger partial charge in [0.05, 0.1) is 7.11 Å². The fourth-order valence-electron chi connectivity index (χ4n) is 3.75. The first-order chi connectivity index (χ1) is 9.31. The van der Waals surface area contributed by atoms with E-state index in [1.807, 2.05) is 0 Å². The molecule has 1 N–H and O–H groups in total. The number of methoxy groups -OCH3 is 1. The molecule has 1 aliphatic carbocycles. The average Bonchev–Trinajstić information content (AvgIpc) is 2.64. The number of hydrogen-bond acceptors (Lipinski definition) is 4. The summed E-state index contributed by atoms with van der Waals surface area (Å²) in [7, 11) is 1.49. The summed E-state index contributed by atoms with van der Waals surface area (Å²) in [6.07, 6.45) is 1.91. The maximum Gasteiger partial charge on any atom is 0.326 e. The quantitative estimate of drug-likeness (QED) is 0.728. The minimum atomic E-state index is -0.509. The molecule has 0 bridgehead atoms. The van der Waals surface area contributed by atoms with Crippen molar-refractivity contribution in [1.82, 2.24) is 10.2 Å². The molecule has 0 aromatic heterocycles. The second-order valence-electron chi connectivity index (χ2n) is 6.86. The van der Waals surface area contributed by atoms with E-state index in [1.54, 1.807) is 0 Å². The Balaban J connectivity index is 2.74. The smallest absolute Gasteiger partial charge is 0.326 e. The van der Waals surface area contributed by atoms with E-state index >= 15 is 0 Å². The first-order valence-corrected chi connectivity index (χ1v) is 7.87. The average molecular weight is 284 g/mol. The van der Waals surface area contributed by atoms with Gasteiger partial charge in [0.15, 0.2) is 0 Å². The van der Waals surface area contributed by atoms with Gasteiger partial charge in [0.2, 0.25) is 0 Å². The van der Waals surface area contributed by atoms with E-state index in [-0.39, 0.29) is 11.4 Å². The zero-order chi connectivity index (χ0) is 15.4. The van der Waals surface area contributed by atoms with Crippen molar-refractivity contribution in [3.63, 3.8) is 0 Å². The van der Waals surface area contributed by atoms with Crippen LogP contribution in [0.4, 0.5) is 0 Å². The fraction of sp³-hybridized carbons (Fsp3) is 0.938. The molecule has 0 radical (unpaired) electrons. The highest BCUT2D eigenvalue weighted by molar-refractivity contribution is 5.82. The third-order valence-corrected chi connectivity index (χ3v) is 4.77. The van der Waals surface area contributed by atoms with Gasteiger partial charge in [0.1, 0.15) is 5.54 Å². The van der Waals surface area contributed by atoms with Crippen molar-refractivity contribution in [2.45, 2.75) is 53.0 Å². The molecule has 0 saturated heterocycles. The van der Waals surface area contributed by atoms with Gasteiger partial charge in [-0.15, -0.1) is 0 Å². The summed E-state index contributed by atoms with van der Waals surface area (Å²) in [5, 5.41) is 3.53. The fourth-order valence-corrected chi connectivity index (χ4v) is 3.75. The maximum absolute atomic E-state index is 12.4. The second kappa shape index (κ2) is 6.90. The Morgan fingerprint density at radius 1 is 1.35 bits per heavy atom. The molecule has 0 spiro atoms. The number of hydrogen-bond donors (Lipinski definition) is 1. The summed E-state index contributed by atoms with van der Waals surface area (Å²) < 4.78 is 5.10. The van der Waals surface area contributed by atoms with E-state index in [9.17, 15) is 4.79 Å². The van der Waals surface area contributed by atoms with Gasteiger partial charge >= 0.3 is 5.97 Å². The number of carbonyl (C=O) groups is 1. The molecule has 2 atom stereocenters. The molecule has 2 unspecified atom stereocenters. The van der Waals surface area contributed by atoms with Crippen LogP contribution in [0.2, 0.25) is 0 Å². The van der Waals surface area contributed by atoms with Gasteiger partial charge in [-0.05, 0) is 37.3 Å². The van der Waals surface area contributed by atoms with Crippen LogP contribution in [0.3, 0.4) is 0 Å². The zero-order valence-corrected chi connectivity index (χ0v) is 14.1. The standard InChI is InChI=1S/C16H32N2O2/c1-7-18(8-2)10-9-17-16(14(19)20-6)12-15(4,5)11-13(16)3/h13,17H,7-12H2,1-6H3. The van der Waals surface area contributed by atoms with Crippen molar-refractivity contribution < 1.29 is 9.53 Å². The molecule has 1 aliphatic rings. The molecule has 0 heterocycles. The molecule has 0 aromatic rings. The summed E-state index contributed by atoms with van der Waals surface area (Å²) in [5.41, 5.74) is -0.318. The Kier molecular flexibility index (Phi) is 6.02. The molecular weight excluding hydrogens is 252 g/mol. The van der Waals surface area contributed by atoms with Crippen molar-refractivity contribution >= 4 is 5.97 Å². The Labute approximate surface area is 124 Å². The third kappa shape index (κ3) is 3.73. The molecule has 4 heteroatoms. The number of nitrogens with one attached hydrogen (secondary N) is 1. The Morgan fingerprint density at radius 2 is 1.95 bits per heavy atom. The number of ether oxygens (including phenoxy) is 1. The van der Waals surface area contributed by atoms with Crippen LogP contribution in [-0.4, -0.2) is 49.7 Å². The second-order valence-corrected chi connectivity index (χ2v) is 6.86. The van der Waals surface area contributed by atoms with Crippen LogP contribution in [0.25, 0.3) is 0 Å². The van der Waals surface area contributed by atoms with Crippen molar-refractivity contribution in [3.8, 4) is 0 Å². The van der Waals surface area contributed by atoms with E-state index in [2.05, 4.69) is 44.8 Å². The molecule has 118 valence electrons. The summed E-state index contributed by atoms with van der Waals surface area (Å²) in [5.74, 6) is 0.205. The summed E-state index contributed by atoms with van der Waals surface area (Å²) in [4.78, 5) is 14.7. The lowest BCUT2D eigenvalue weighted by Gasteiger charge is -2.33. The highest BCUT2D eigenvalue weighted by Gasteiger charge is 2.54. The number of carbonyl (C=O) groups excluding carboxylic acids is 1. The third-order valence-electron chi connectivity index (χ3n) is 4.77. The van der Waals surface area contributed by atoms with Crippen LogP contribution in [0.5, 0.6) is 0 Å². The van der Waals surface area contributed by atoms with E-state index < -0.39 is 5.54 Å². The van der Waals surface area contributed by atoms with E-state index in [0.717, 1.165) is 39.0 Å². The van der Waals surface area contributed by atoms with Crippen LogP contribution >= 0.6 is 0 Å². The van der Waals surface area contributed by atoms with Crippen LogP contribution < -0.4 is 5.32 Å². The predicted octanol–water partition coefficient (Wildman–Crippen LogP) is 2.29. The van der Waals surface area contributed by atoms with E-state index in [1.165, 1.54) is 7.11 Å². The highest BCUT2D eigenvalue weighted by atomic mass is 16.5. The predicted molar refractivity (Wildman–Crippen MR) is 82.7 cm³/mol. The molecule has 20 heavy (non-hydrogen) atoms. The van der Waals surface area contributed by atoms with Gasteiger partial charge < -0.3 is 15.0 Å². The van der Waals surface area contributed by atoms with Crippen molar-refractivity contribution in [2.24, 2.45) is 11.3 Å². The van der Waals surface area contributed by atoms with Gasteiger partial charge in [0, 0.05) is 13.1 Å². The molecule has 1 fully saturated rings. The van der Waals surface area contributed by atoms with Crippen LogP contribution in [0.15, 0.2) is 0 Å². The lowest BCUT2D eigenvalue weighted by molar-refractivity contribution is -0.150. The minimum Gasteiger partial charge on any atom is -0.468 e. The normalized spacial score (nSPS) is 28.9. The number of likely N-dealkylation sites (N-methyl/N-ethyl adjacent to an activating group) is 1. The van der Waals surface area contributed by atoms with Crippen LogP contribution in [0.1, 0.15) is 47.5 Å². The van der Waals surface area contributed by atoms with Crippen LogP contribution in [0, 0.1) is 11.3 Å². The van der Waals surface area contributed by atoms with E-state index in [4.69, 9.17) is 4.74 Å². The van der Waals surface area contributed by atoms with Gasteiger partial charge in [-0.25, -0.2) is 0 Å². The number of rotatable bonds is 7. The Hall–Kier alpha value is -0.610. The number of nitrogens with zero attached hydrogens (tertiary/aromatic N) is 1. The lowest BCUT2D eigenvalue weighted by Crippen LogP contribution is -2.56. The Bertz CT molecular complexity index is 326. The summed E-state index contributed by atoms with van der Waals surface area (Å²) in [6.45, 7) is 14.9. The monoisotopic (exact) mass is 284 g/mol. The van der Waals surface area contributed by atoms with Crippen molar-refractivity contribution in [1.29, 1.82) is 0 Å². The summed E-state index contributed by atoms with van der Waals surface area (Å²) >= 11 is 0. The van der Waals surface area contributed by atoms with Crippen molar-refractivity contribution in [2.75, 3.05) is 33.3 Å². The topological polar surface area (TPSA) is 41.6 Å². The largest absolute Gasteiger partial charge is 0.468 e. The van der Waals surface area contributed by atoms with E-state index in [0.29, 0.717) is 5.92 Å². The molecule has 0 amide bonds. The number of esters is 1. The molecule has 0 aliphatic heterocycles. The molecule has 4 nitrogen and oxygen atoms in total. The first-order valence-electron chi connectivity index (χ1n) is 7.87. The molecular formula is C16H32N2O2. The lowest BCUT2D eigenvalue weighted by atomic mass is 9.86. The van der Waals surface area contributed by atoms with Crippen LogP contribution in [-0.2, 0) is 9.53 Å². The zero-order valence-electron chi connectivity index (χ0n) is 14.1. The molecule has 1 rings (SSSR count). The van der Waals surface area contributed by atoms with Gasteiger partial charge in [0.25, 0.3) is 0 Å². The first kappa shape index (κ1) is 17.4. The maximum atomic E-state index is 12.4. The van der Waals surface area contributed by atoms with Gasteiger partial charge in [-0.3, -0.25) is 4.79 Å². The molecule has 1 saturated carbocycles. The highest BCUT2D eigenvalue weighted by Crippen LogP contribution is 2.47. The van der Waals surface area contributed by atoms with Gasteiger partial charge in [-0.2, -0.15) is 0 Å². The Morgan fingerprint density at radius 3 is 2.35 bits per heavy atom.